The second-order valence-corrected chi connectivity index (χ2v) is 7.93. The number of thioether (sulfide) groups is 1. The van der Waals surface area contributed by atoms with E-state index in [1.807, 2.05) is 48.5 Å². The Kier molecular flexibility index (Phi) is 8.11. The highest BCUT2D eigenvalue weighted by atomic mass is 32.2. The SMILES string of the molecule is COCC=C(C(=O)OC)c1ccccc1CSC(=Nc1ccc(OC)cc1)C1CC1. The third kappa shape index (κ3) is 5.97. The summed E-state index contributed by atoms with van der Waals surface area (Å²) in [6.07, 6.45) is 4.11. The average Bonchev–Trinajstić information content (AvgIpc) is 3.63. The molecule has 2 aromatic rings. The van der Waals surface area contributed by atoms with Crippen LogP contribution in [0.3, 0.4) is 0 Å². The summed E-state index contributed by atoms with van der Waals surface area (Å²) in [5.41, 5.74) is 3.39. The van der Waals surface area contributed by atoms with Crippen molar-refractivity contribution in [1.29, 1.82) is 0 Å². The van der Waals surface area contributed by atoms with Crippen LogP contribution in [0.1, 0.15) is 24.0 Å². The van der Waals surface area contributed by atoms with Crippen LogP contribution in [0.2, 0.25) is 0 Å². The first-order valence-electron chi connectivity index (χ1n) is 9.87. The van der Waals surface area contributed by atoms with Crippen LogP contribution in [0.15, 0.2) is 59.6 Å². The number of hydrogen-bond acceptors (Lipinski definition) is 6. The summed E-state index contributed by atoms with van der Waals surface area (Å²) in [5, 5.41) is 1.13. The van der Waals surface area contributed by atoms with E-state index < -0.39 is 0 Å². The molecule has 5 nitrogen and oxygen atoms in total. The van der Waals surface area contributed by atoms with Gasteiger partial charge in [0.25, 0.3) is 0 Å². The minimum absolute atomic E-state index is 0.345. The predicted octanol–water partition coefficient (Wildman–Crippen LogP) is 5.27. The first kappa shape index (κ1) is 22.1. The molecule has 0 radical (unpaired) electrons. The number of ether oxygens (including phenoxy) is 3. The fourth-order valence-electron chi connectivity index (χ4n) is 3.00. The van der Waals surface area contributed by atoms with Crippen molar-refractivity contribution in [3.63, 3.8) is 0 Å². The summed E-state index contributed by atoms with van der Waals surface area (Å²) >= 11 is 1.73. The normalized spacial score (nSPS) is 14.5. The summed E-state index contributed by atoms with van der Waals surface area (Å²) in [6, 6.07) is 15.7. The molecule has 0 aromatic heterocycles. The summed E-state index contributed by atoms with van der Waals surface area (Å²) in [5.74, 6) is 1.71. The van der Waals surface area contributed by atoms with Gasteiger partial charge in [0.1, 0.15) is 5.75 Å². The van der Waals surface area contributed by atoms with Crippen molar-refractivity contribution in [1.82, 2.24) is 0 Å². The zero-order valence-electron chi connectivity index (χ0n) is 17.6. The fourth-order valence-corrected chi connectivity index (χ4v) is 4.19. The van der Waals surface area contributed by atoms with Crippen LogP contribution in [-0.2, 0) is 20.0 Å². The molecule has 6 heteroatoms. The molecule has 2 aromatic carbocycles. The molecular formula is C24H27NO4S. The molecule has 0 spiro atoms. The topological polar surface area (TPSA) is 57.1 Å². The number of hydrogen-bond donors (Lipinski definition) is 0. The van der Waals surface area contributed by atoms with E-state index >= 15 is 0 Å². The number of aliphatic imine (C=N–C) groups is 1. The summed E-state index contributed by atoms with van der Waals surface area (Å²) in [4.78, 5) is 17.2. The molecule has 0 N–H and O–H groups in total. The van der Waals surface area contributed by atoms with Crippen molar-refractivity contribution in [3.05, 3.63) is 65.7 Å². The summed E-state index contributed by atoms with van der Waals surface area (Å²) in [6.45, 7) is 0.345. The minimum Gasteiger partial charge on any atom is -0.497 e. The average molecular weight is 426 g/mol. The van der Waals surface area contributed by atoms with Gasteiger partial charge in [-0.1, -0.05) is 24.3 Å². The number of esters is 1. The molecule has 1 fully saturated rings. The number of methoxy groups -OCH3 is 3. The largest absolute Gasteiger partial charge is 0.497 e. The van der Waals surface area contributed by atoms with Gasteiger partial charge in [0.05, 0.1) is 37.1 Å². The molecular weight excluding hydrogens is 398 g/mol. The van der Waals surface area contributed by atoms with Crippen molar-refractivity contribution < 1.29 is 19.0 Å². The lowest BCUT2D eigenvalue weighted by molar-refractivity contribution is -0.133. The highest BCUT2D eigenvalue weighted by Gasteiger charge is 2.28. The van der Waals surface area contributed by atoms with Crippen molar-refractivity contribution >= 4 is 34.0 Å². The first-order valence-corrected chi connectivity index (χ1v) is 10.9. The van der Waals surface area contributed by atoms with Gasteiger partial charge in [0.2, 0.25) is 0 Å². The molecule has 0 aliphatic heterocycles. The van der Waals surface area contributed by atoms with Crippen LogP contribution < -0.4 is 4.74 Å². The van der Waals surface area contributed by atoms with Gasteiger partial charge in [-0.05, 0) is 54.3 Å². The maximum atomic E-state index is 12.3. The minimum atomic E-state index is -0.362. The Balaban J connectivity index is 1.81. The zero-order chi connectivity index (χ0) is 21.3. The number of rotatable bonds is 9. The van der Waals surface area contributed by atoms with E-state index in [4.69, 9.17) is 19.2 Å². The molecule has 0 heterocycles. The van der Waals surface area contributed by atoms with Gasteiger partial charge in [-0.25, -0.2) is 9.79 Å². The molecule has 3 rings (SSSR count). The van der Waals surface area contributed by atoms with Gasteiger partial charge in [-0.3, -0.25) is 0 Å². The number of nitrogens with zero attached hydrogens (tertiary/aromatic N) is 1. The summed E-state index contributed by atoms with van der Waals surface area (Å²) < 4.78 is 15.3. The van der Waals surface area contributed by atoms with Crippen LogP contribution >= 0.6 is 11.8 Å². The quantitative estimate of drug-likeness (QED) is 0.237. The summed E-state index contributed by atoms with van der Waals surface area (Å²) in [7, 11) is 4.66. The van der Waals surface area contributed by atoms with Crippen LogP contribution in [0.4, 0.5) is 5.69 Å². The molecule has 1 saturated carbocycles. The molecule has 0 unspecified atom stereocenters. The third-order valence-electron chi connectivity index (χ3n) is 4.78. The van der Waals surface area contributed by atoms with Gasteiger partial charge in [0, 0.05) is 18.8 Å². The number of carbonyl (C=O) groups excluding carboxylic acids is 1. The highest BCUT2D eigenvalue weighted by Crippen LogP contribution is 2.38. The first-order chi connectivity index (χ1) is 14.7. The molecule has 1 aliphatic carbocycles. The van der Waals surface area contributed by atoms with Crippen molar-refractivity contribution in [2.75, 3.05) is 27.9 Å². The van der Waals surface area contributed by atoms with E-state index in [0.717, 1.165) is 33.4 Å². The van der Waals surface area contributed by atoms with Crippen LogP contribution in [0.5, 0.6) is 5.75 Å². The Hall–Kier alpha value is -2.57. The van der Waals surface area contributed by atoms with E-state index in [-0.39, 0.29) is 5.97 Å². The van der Waals surface area contributed by atoms with E-state index in [9.17, 15) is 4.79 Å². The van der Waals surface area contributed by atoms with Gasteiger partial charge in [-0.2, -0.15) is 0 Å². The molecule has 0 amide bonds. The van der Waals surface area contributed by atoms with Gasteiger partial charge >= 0.3 is 5.97 Å². The maximum Gasteiger partial charge on any atom is 0.338 e. The second kappa shape index (κ2) is 11.0. The predicted molar refractivity (Wildman–Crippen MR) is 122 cm³/mol. The maximum absolute atomic E-state index is 12.3. The highest BCUT2D eigenvalue weighted by molar-refractivity contribution is 8.13. The molecule has 0 atom stereocenters. The number of carbonyl (C=O) groups is 1. The molecule has 158 valence electrons. The zero-order valence-corrected chi connectivity index (χ0v) is 18.4. The lowest BCUT2D eigenvalue weighted by atomic mass is 10.0. The third-order valence-corrected chi connectivity index (χ3v) is 5.96. The lowest BCUT2D eigenvalue weighted by Gasteiger charge is -2.13. The van der Waals surface area contributed by atoms with Crippen LogP contribution in [0.25, 0.3) is 5.57 Å². The van der Waals surface area contributed by atoms with E-state index in [1.165, 1.54) is 20.0 Å². The van der Waals surface area contributed by atoms with E-state index in [1.54, 1.807) is 32.1 Å². The molecule has 30 heavy (non-hydrogen) atoms. The van der Waals surface area contributed by atoms with E-state index in [0.29, 0.717) is 18.1 Å². The Labute approximate surface area is 182 Å². The smallest absolute Gasteiger partial charge is 0.338 e. The standard InChI is InChI=1S/C24H27NO4S/c1-27-15-14-22(24(26)29-3)21-7-5-4-6-18(21)16-30-23(17-8-9-17)25-19-10-12-20(28-2)13-11-19/h4-7,10-14,17H,8-9,15-16H2,1-3H3. The van der Waals surface area contributed by atoms with Gasteiger partial charge in [-0.15, -0.1) is 11.8 Å². The molecule has 0 saturated heterocycles. The molecule has 1 aliphatic rings. The van der Waals surface area contributed by atoms with Crippen molar-refractivity contribution in [2.24, 2.45) is 10.9 Å². The van der Waals surface area contributed by atoms with Crippen LogP contribution in [-0.4, -0.2) is 38.9 Å². The van der Waals surface area contributed by atoms with E-state index in [2.05, 4.69) is 0 Å². The fraction of sp³-hybridized carbons (Fsp3) is 0.333. The lowest BCUT2D eigenvalue weighted by Crippen LogP contribution is -2.07. The van der Waals surface area contributed by atoms with Crippen molar-refractivity contribution in [2.45, 2.75) is 18.6 Å². The monoisotopic (exact) mass is 425 g/mol. The second-order valence-electron chi connectivity index (χ2n) is 6.93. The van der Waals surface area contributed by atoms with Gasteiger partial charge in [0.15, 0.2) is 0 Å². The Morgan fingerprint density at radius 2 is 1.83 bits per heavy atom. The Morgan fingerprint density at radius 1 is 1.10 bits per heavy atom. The Morgan fingerprint density at radius 3 is 2.47 bits per heavy atom. The van der Waals surface area contributed by atoms with Crippen molar-refractivity contribution in [3.8, 4) is 5.75 Å². The van der Waals surface area contributed by atoms with Gasteiger partial charge < -0.3 is 14.2 Å². The van der Waals surface area contributed by atoms with Crippen LogP contribution in [0, 0.1) is 5.92 Å². The Bertz CT molecular complexity index is 917. The number of benzene rings is 2. The molecule has 0 bridgehead atoms.